The zero-order valence-electron chi connectivity index (χ0n) is 13.6. The van der Waals surface area contributed by atoms with Gasteiger partial charge in [-0.05, 0) is 43.7 Å². The molecule has 124 valence electrons. The van der Waals surface area contributed by atoms with Crippen molar-refractivity contribution in [2.75, 3.05) is 31.2 Å². The molecular formula is C18H25N3O2. The number of hydrogen-bond donors (Lipinski definition) is 0. The van der Waals surface area contributed by atoms with Crippen molar-refractivity contribution in [3.8, 4) is 0 Å². The lowest BCUT2D eigenvalue weighted by Gasteiger charge is -2.40. The zero-order chi connectivity index (χ0) is 15.6. The topological polar surface area (TPSA) is 45.7 Å². The summed E-state index contributed by atoms with van der Waals surface area (Å²) in [5.41, 5.74) is 0.958. The molecule has 23 heavy (non-hydrogen) atoms. The van der Waals surface area contributed by atoms with Crippen molar-refractivity contribution >= 4 is 11.6 Å². The fourth-order valence-corrected chi connectivity index (χ4v) is 4.47. The van der Waals surface area contributed by atoms with Crippen LogP contribution in [0.2, 0.25) is 0 Å². The largest absolute Gasteiger partial charge is 0.381 e. The monoisotopic (exact) mass is 315 g/mol. The third kappa shape index (κ3) is 3.00. The number of carbonyl (C=O) groups is 1. The molecule has 0 bridgehead atoms. The average molecular weight is 315 g/mol. The fourth-order valence-electron chi connectivity index (χ4n) is 4.47. The molecule has 3 fully saturated rings. The fraction of sp³-hybridized carbons (Fsp3) is 0.667. The lowest BCUT2D eigenvalue weighted by atomic mass is 9.94. The second-order valence-electron chi connectivity index (χ2n) is 6.99. The summed E-state index contributed by atoms with van der Waals surface area (Å²) in [4.78, 5) is 21.4. The summed E-state index contributed by atoms with van der Waals surface area (Å²) in [5, 5.41) is 0. The molecule has 4 heterocycles. The van der Waals surface area contributed by atoms with Crippen molar-refractivity contribution in [3.63, 3.8) is 0 Å². The van der Waals surface area contributed by atoms with Gasteiger partial charge in [-0.25, -0.2) is 0 Å². The number of pyridine rings is 1. The summed E-state index contributed by atoms with van der Waals surface area (Å²) in [5.74, 6) is 1.01. The van der Waals surface area contributed by atoms with Crippen LogP contribution in [0.25, 0.3) is 0 Å². The Hall–Kier alpha value is -1.46. The first kappa shape index (κ1) is 15.1. The maximum Gasteiger partial charge on any atom is 0.227 e. The van der Waals surface area contributed by atoms with Gasteiger partial charge in [0.25, 0.3) is 0 Å². The Morgan fingerprint density at radius 1 is 1.17 bits per heavy atom. The molecule has 0 saturated carbocycles. The minimum atomic E-state index is 0.257. The Morgan fingerprint density at radius 3 is 2.83 bits per heavy atom. The van der Waals surface area contributed by atoms with Crippen LogP contribution >= 0.6 is 0 Å². The number of nitrogens with zero attached hydrogens (tertiary/aromatic N) is 3. The van der Waals surface area contributed by atoms with Crippen LogP contribution in [0.15, 0.2) is 24.5 Å². The van der Waals surface area contributed by atoms with E-state index in [1.165, 1.54) is 19.4 Å². The van der Waals surface area contributed by atoms with Gasteiger partial charge in [0.1, 0.15) is 0 Å². The highest BCUT2D eigenvalue weighted by atomic mass is 16.5. The second-order valence-corrected chi connectivity index (χ2v) is 6.99. The number of anilines is 1. The lowest BCUT2D eigenvalue weighted by molar-refractivity contribution is -0.120. The molecule has 3 aliphatic heterocycles. The van der Waals surface area contributed by atoms with Gasteiger partial charge in [0.05, 0.1) is 17.9 Å². The Kier molecular flexibility index (Phi) is 4.31. The number of amides is 1. The van der Waals surface area contributed by atoms with Crippen molar-refractivity contribution < 1.29 is 9.53 Å². The first-order valence-electron chi connectivity index (χ1n) is 8.87. The molecule has 2 atom stereocenters. The van der Waals surface area contributed by atoms with E-state index in [2.05, 4.69) is 9.88 Å². The van der Waals surface area contributed by atoms with Gasteiger partial charge >= 0.3 is 0 Å². The van der Waals surface area contributed by atoms with Crippen molar-refractivity contribution in [1.82, 2.24) is 9.88 Å². The number of ether oxygens (including phenoxy) is 1. The quantitative estimate of drug-likeness (QED) is 0.857. The maximum atomic E-state index is 12.5. The van der Waals surface area contributed by atoms with E-state index >= 15 is 0 Å². The Bertz CT molecular complexity index is 544. The van der Waals surface area contributed by atoms with Gasteiger partial charge in [-0.3, -0.25) is 14.7 Å². The van der Waals surface area contributed by atoms with Gasteiger partial charge in [-0.15, -0.1) is 0 Å². The summed E-state index contributed by atoms with van der Waals surface area (Å²) in [6.45, 7) is 4.09. The molecule has 0 spiro atoms. The Labute approximate surface area is 137 Å². The molecule has 5 heteroatoms. The molecule has 1 aromatic heterocycles. The molecule has 5 nitrogen and oxygen atoms in total. The molecule has 3 saturated heterocycles. The Balaban J connectivity index is 1.49. The van der Waals surface area contributed by atoms with Crippen molar-refractivity contribution in [1.29, 1.82) is 0 Å². The van der Waals surface area contributed by atoms with Gasteiger partial charge in [-0.2, -0.15) is 0 Å². The predicted octanol–water partition coefficient (Wildman–Crippen LogP) is 2.08. The van der Waals surface area contributed by atoms with Gasteiger partial charge in [0, 0.05) is 45.0 Å². The summed E-state index contributed by atoms with van der Waals surface area (Å²) in [7, 11) is 0. The maximum absolute atomic E-state index is 12.5. The number of piperidine rings is 1. The standard InChI is InChI=1S/C18H25N3O2/c22-18-4-3-16-17(21(18)15-2-1-8-19-12-15)5-9-20(16)13-14-6-10-23-11-7-14/h1-2,8,12,14,16-17H,3-7,9-11,13H2/t16-,17-/m1/s1. The van der Waals surface area contributed by atoms with Crippen LogP contribution in [-0.2, 0) is 9.53 Å². The third-order valence-corrected chi connectivity index (χ3v) is 5.64. The summed E-state index contributed by atoms with van der Waals surface area (Å²) < 4.78 is 5.48. The summed E-state index contributed by atoms with van der Waals surface area (Å²) in [6.07, 6.45) is 8.68. The normalized spacial score (nSPS) is 29.7. The average Bonchev–Trinajstić information content (AvgIpc) is 2.99. The molecule has 0 aliphatic carbocycles. The number of fused-ring (bicyclic) bond motifs is 1. The van der Waals surface area contributed by atoms with Crippen LogP contribution in [-0.4, -0.2) is 54.2 Å². The molecule has 0 unspecified atom stereocenters. The van der Waals surface area contributed by atoms with E-state index in [4.69, 9.17) is 4.74 Å². The molecule has 0 N–H and O–H groups in total. The second kappa shape index (κ2) is 6.57. The van der Waals surface area contributed by atoms with E-state index in [1.54, 1.807) is 6.20 Å². The first-order valence-corrected chi connectivity index (χ1v) is 8.87. The van der Waals surface area contributed by atoms with E-state index in [0.717, 1.165) is 44.2 Å². The highest BCUT2D eigenvalue weighted by Gasteiger charge is 2.44. The van der Waals surface area contributed by atoms with Gasteiger partial charge in [0.15, 0.2) is 0 Å². The molecule has 0 radical (unpaired) electrons. The molecule has 1 amide bonds. The molecule has 4 rings (SSSR count). The summed E-state index contributed by atoms with van der Waals surface area (Å²) >= 11 is 0. The van der Waals surface area contributed by atoms with Crippen molar-refractivity contribution in [2.45, 2.75) is 44.2 Å². The molecule has 0 aromatic carbocycles. The SMILES string of the molecule is O=C1CC[C@@H]2[C@@H](CCN2CC2CCOCC2)N1c1cccnc1. The summed E-state index contributed by atoms with van der Waals surface area (Å²) in [6, 6.07) is 4.76. The van der Waals surface area contributed by atoms with E-state index in [9.17, 15) is 4.79 Å². The minimum Gasteiger partial charge on any atom is -0.381 e. The van der Waals surface area contributed by atoms with Gasteiger partial charge in [-0.1, -0.05) is 0 Å². The van der Waals surface area contributed by atoms with Crippen LogP contribution in [0.5, 0.6) is 0 Å². The zero-order valence-corrected chi connectivity index (χ0v) is 13.6. The van der Waals surface area contributed by atoms with E-state index in [1.807, 2.05) is 23.2 Å². The number of likely N-dealkylation sites (tertiary alicyclic amines) is 1. The molecule has 1 aromatic rings. The lowest BCUT2D eigenvalue weighted by Crippen LogP contribution is -2.53. The van der Waals surface area contributed by atoms with E-state index < -0.39 is 0 Å². The van der Waals surface area contributed by atoms with Crippen molar-refractivity contribution in [2.24, 2.45) is 5.92 Å². The number of aromatic nitrogens is 1. The van der Waals surface area contributed by atoms with Crippen LogP contribution < -0.4 is 4.90 Å². The molecular weight excluding hydrogens is 290 g/mol. The van der Waals surface area contributed by atoms with Gasteiger partial charge in [0.2, 0.25) is 5.91 Å². The van der Waals surface area contributed by atoms with Crippen LogP contribution in [0.1, 0.15) is 32.1 Å². The highest BCUT2D eigenvalue weighted by Crippen LogP contribution is 2.35. The number of rotatable bonds is 3. The van der Waals surface area contributed by atoms with Crippen molar-refractivity contribution in [3.05, 3.63) is 24.5 Å². The van der Waals surface area contributed by atoms with Crippen LogP contribution in [0, 0.1) is 5.92 Å². The molecule has 3 aliphatic rings. The minimum absolute atomic E-state index is 0.257. The first-order chi connectivity index (χ1) is 11.3. The third-order valence-electron chi connectivity index (χ3n) is 5.64. The van der Waals surface area contributed by atoms with E-state index in [-0.39, 0.29) is 5.91 Å². The van der Waals surface area contributed by atoms with Gasteiger partial charge < -0.3 is 9.64 Å². The number of carbonyl (C=O) groups excluding carboxylic acids is 1. The Morgan fingerprint density at radius 2 is 2.04 bits per heavy atom. The number of hydrogen-bond acceptors (Lipinski definition) is 4. The predicted molar refractivity (Wildman–Crippen MR) is 88.3 cm³/mol. The van der Waals surface area contributed by atoms with Crippen LogP contribution in [0.4, 0.5) is 5.69 Å². The smallest absolute Gasteiger partial charge is 0.227 e. The highest BCUT2D eigenvalue weighted by molar-refractivity contribution is 5.95. The van der Waals surface area contributed by atoms with E-state index in [0.29, 0.717) is 18.5 Å². The van der Waals surface area contributed by atoms with Crippen LogP contribution in [0.3, 0.4) is 0 Å².